The summed E-state index contributed by atoms with van der Waals surface area (Å²) in [5.74, 6) is -0.304. The molecule has 1 fully saturated rings. The number of ether oxygens (including phenoxy) is 2. The van der Waals surface area contributed by atoms with Gasteiger partial charge in [0.25, 0.3) is 17.7 Å². The van der Waals surface area contributed by atoms with Crippen LogP contribution >= 0.6 is 0 Å². The van der Waals surface area contributed by atoms with Crippen LogP contribution < -0.4 is 14.4 Å². The molecule has 150 valence electrons. The number of carbonyl (C=O) groups is 3. The van der Waals surface area contributed by atoms with Crippen LogP contribution in [0, 0.1) is 0 Å². The Kier molecular flexibility index (Phi) is 4.96. The molecule has 29 heavy (non-hydrogen) atoms. The highest BCUT2D eigenvalue weighted by Gasteiger charge is 2.40. The highest BCUT2D eigenvalue weighted by Crippen LogP contribution is 2.39. The minimum absolute atomic E-state index is 0.0231. The molecule has 2 aliphatic heterocycles. The maximum absolute atomic E-state index is 13.0. The summed E-state index contributed by atoms with van der Waals surface area (Å²) in [6.45, 7) is 1.53. The molecule has 0 bridgehead atoms. The molecular formula is C22H22N2O5. The van der Waals surface area contributed by atoms with Crippen LogP contribution in [0.4, 0.5) is 5.69 Å². The number of anilines is 1. The Hall–Kier alpha value is -3.35. The maximum atomic E-state index is 13.0. The number of carbonyl (C=O) groups excluding carboxylic acids is 3. The molecule has 1 saturated heterocycles. The molecule has 0 atom stereocenters. The molecule has 0 N–H and O–H groups in total. The Morgan fingerprint density at radius 1 is 0.862 bits per heavy atom. The van der Waals surface area contributed by atoms with E-state index in [-0.39, 0.29) is 22.8 Å². The number of methoxy groups -OCH3 is 2. The van der Waals surface area contributed by atoms with Gasteiger partial charge >= 0.3 is 0 Å². The van der Waals surface area contributed by atoms with Gasteiger partial charge in [0, 0.05) is 18.7 Å². The van der Waals surface area contributed by atoms with E-state index in [4.69, 9.17) is 9.47 Å². The molecule has 0 radical (unpaired) electrons. The normalized spacial score (nSPS) is 16.1. The molecule has 0 saturated carbocycles. The highest BCUT2D eigenvalue weighted by atomic mass is 16.5. The second-order valence-electron chi connectivity index (χ2n) is 7.07. The summed E-state index contributed by atoms with van der Waals surface area (Å²) in [6, 6.07) is 9.74. The van der Waals surface area contributed by atoms with E-state index in [2.05, 4.69) is 0 Å². The minimum Gasteiger partial charge on any atom is -0.493 e. The lowest BCUT2D eigenvalue weighted by Crippen LogP contribution is -2.35. The average molecular weight is 394 g/mol. The Labute approximate surface area is 168 Å². The van der Waals surface area contributed by atoms with Crippen LogP contribution in [0.15, 0.2) is 36.4 Å². The van der Waals surface area contributed by atoms with Crippen molar-refractivity contribution in [3.05, 3.63) is 53.1 Å². The summed E-state index contributed by atoms with van der Waals surface area (Å²) in [6.07, 6.45) is 3.19. The summed E-state index contributed by atoms with van der Waals surface area (Å²) < 4.78 is 10.6. The van der Waals surface area contributed by atoms with E-state index in [1.807, 2.05) is 4.90 Å². The van der Waals surface area contributed by atoms with Crippen molar-refractivity contribution in [1.29, 1.82) is 0 Å². The Morgan fingerprint density at radius 3 is 2.17 bits per heavy atom. The maximum Gasteiger partial charge on any atom is 0.270 e. The first kappa shape index (κ1) is 19.0. The minimum atomic E-state index is -0.476. The molecule has 0 unspecified atom stereocenters. The van der Waals surface area contributed by atoms with E-state index in [9.17, 15) is 14.4 Å². The summed E-state index contributed by atoms with van der Waals surface area (Å²) in [5.41, 5.74) is 1.41. The lowest BCUT2D eigenvalue weighted by molar-refractivity contribution is 0.0724. The lowest BCUT2D eigenvalue weighted by atomic mass is 10.1. The number of nitrogens with zero attached hydrogens (tertiary/aromatic N) is 2. The third-order valence-corrected chi connectivity index (χ3v) is 5.41. The summed E-state index contributed by atoms with van der Waals surface area (Å²) in [4.78, 5) is 41.5. The monoisotopic (exact) mass is 394 g/mol. The van der Waals surface area contributed by atoms with Gasteiger partial charge in [-0.2, -0.15) is 0 Å². The van der Waals surface area contributed by atoms with Crippen LogP contribution in [0.25, 0.3) is 0 Å². The first-order valence-electron chi connectivity index (χ1n) is 9.60. The molecule has 0 aliphatic carbocycles. The van der Waals surface area contributed by atoms with Gasteiger partial charge in [-0.05, 0) is 55.7 Å². The second-order valence-corrected chi connectivity index (χ2v) is 7.07. The van der Waals surface area contributed by atoms with Crippen LogP contribution in [-0.4, -0.2) is 49.9 Å². The van der Waals surface area contributed by atoms with Crippen molar-refractivity contribution in [3.8, 4) is 11.5 Å². The number of benzene rings is 2. The Bertz CT molecular complexity index is 977. The number of fused-ring (bicyclic) bond motifs is 1. The van der Waals surface area contributed by atoms with Gasteiger partial charge in [-0.25, -0.2) is 4.90 Å². The van der Waals surface area contributed by atoms with Crippen molar-refractivity contribution in [3.63, 3.8) is 0 Å². The Morgan fingerprint density at radius 2 is 1.55 bits per heavy atom. The fourth-order valence-electron chi connectivity index (χ4n) is 3.91. The summed E-state index contributed by atoms with van der Waals surface area (Å²) in [5, 5.41) is 0. The smallest absolute Gasteiger partial charge is 0.270 e. The second kappa shape index (κ2) is 7.58. The van der Waals surface area contributed by atoms with Gasteiger partial charge in [0.05, 0.1) is 31.0 Å². The van der Waals surface area contributed by atoms with Crippen molar-refractivity contribution in [2.45, 2.75) is 19.3 Å². The molecular weight excluding hydrogens is 372 g/mol. The molecule has 2 aromatic carbocycles. The fourth-order valence-corrected chi connectivity index (χ4v) is 3.91. The number of amides is 3. The van der Waals surface area contributed by atoms with E-state index in [1.165, 1.54) is 14.2 Å². The largest absolute Gasteiger partial charge is 0.493 e. The third kappa shape index (κ3) is 3.12. The zero-order valence-electron chi connectivity index (χ0n) is 16.4. The topological polar surface area (TPSA) is 76.2 Å². The van der Waals surface area contributed by atoms with E-state index in [0.29, 0.717) is 17.0 Å². The average Bonchev–Trinajstić information content (AvgIpc) is 3.03. The number of piperidine rings is 1. The number of likely N-dealkylation sites (tertiary alicyclic amines) is 1. The molecule has 4 rings (SSSR count). The third-order valence-electron chi connectivity index (χ3n) is 5.41. The van der Waals surface area contributed by atoms with Crippen molar-refractivity contribution in [1.82, 2.24) is 4.90 Å². The van der Waals surface area contributed by atoms with E-state index < -0.39 is 11.8 Å². The zero-order valence-corrected chi connectivity index (χ0v) is 16.4. The quantitative estimate of drug-likeness (QED) is 0.745. The van der Waals surface area contributed by atoms with Gasteiger partial charge in [0.2, 0.25) is 0 Å². The molecule has 7 heteroatoms. The number of imide groups is 1. The van der Waals surface area contributed by atoms with E-state index in [1.54, 1.807) is 36.4 Å². The van der Waals surface area contributed by atoms with Crippen molar-refractivity contribution in [2.75, 3.05) is 32.2 Å². The molecule has 2 aromatic rings. The van der Waals surface area contributed by atoms with Crippen molar-refractivity contribution in [2.24, 2.45) is 0 Å². The summed E-state index contributed by atoms with van der Waals surface area (Å²) in [7, 11) is 2.90. The molecule has 7 nitrogen and oxygen atoms in total. The molecule has 0 spiro atoms. The highest BCUT2D eigenvalue weighted by molar-refractivity contribution is 6.35. The van der Waals surface area contributed by atoms with Gasteiger partial charge in [-0.3, -0.25) is 14.4 Å². The fraction of sp³-hybridized carbons (Fsp3) is 0.318. The number of hydrogen-bond donors (Lipinski definition) is 0. The van der Waals surface area contributed by atoms with Gasteiger partial charge in [0.15, 0.2) is 11.5 Å². The molecule has 2 aliphatic rings. The predicted octanol–water partition coefficient (Wildman–Crippen LogP) is 3.13. The predicted molar refractivity (Wildman–Crippen MR) is 107 cm³/mol. The molecule has 2 heterocycles. The van der Waals surface area contributed by atoms with Crippen LogP contribution in [-0.2, 0) is 0 Å². The van der Waals surface area contributed by atoms with E-state index >= 15 is 0 Å². The first-order valence-corrected chi connectivity index (χ1v) is 9.60. The van der Waals surface area contributed by atoms with Gasteiger partial charge < -0.3 is 14.4 Å². The van der Waals surface area contributed by atoms with Crippen LogP contribution in [0.5, 0.6) is 11.5 Å². The first-order chi connectivity index (χ1) is 14.1. The van der Waals surface area contributed by atoms with E-state index in [0.717, 1.165) is 37.3 Å². The van der Waals surface area contributed by atoms with Gasteiger partial charge in [-0.1, -0.05) is 0 Å². The van der Waals surface area contributed by atoms with Crippen LogP contribution in [0.1, 0.15) is 50.3 Å². The van der Waals surface area contributed by atoms with Crippen molar-refractivity contribution < 1.29 is 23.9 Å². The van der Waals surface area contributed by atoms with Crippen LogP contribution in [0.2, 0.25) is 0 Å². The number of rotatable bonds is 4. The standard InChI is InChI=1S/C22H22N2O5/c1-28-17-11-10-16-18(19(17)29-2)22(27)24(21(16)26)15-8-6-14(7-9-15)20(25)23-12-4-3-5-13-23/h6-11H,3-5,12-13H2,1-2H3. The lowest BCUT2D eigenvalue weighted by Gasteiger charge is -2.26. The zero-order chi connectivity index (χ0) is 20.5. The summed E-state index contributed by atoms with van der Waals surface area (Å²) >= 11 is 0. The van der Waals surface area contributed by atoms with Gasteiger partial charge in [-0.15, -0.1) is 0 Å². The molecule has 3 amide bonds. The van der Waals surface area contributed by atoms with Gasteiger partial charge in [0.1, 0.15) is 0 Å². The van der Waals surface area contributed by atoms with Crippen molar-refractivity contribution >= 4 is 23.4 Å². The van der Waals surface area contributed by atoms with Crippen LogP contribution in [0.3, 0.4) is 0 Å². The molecule has 0 aromatic heterocycles. The number of hydrogen-bond acceptors (Lipinski definition) is 5. The Balaban J connectivity index is 1.63. The SMILES string of the molecule is COc1ccc2c(c1OC)C(=O)N(c1ccc(C(=O)N3CCCCC3)cc1)C2=O.